The zero-order chi connectivity index (χ0) is 19.2. The highest BCUT2D eigenvalue weighted by molar-refractivity contribution is 6.31. The predicted octanol–water partition coefficient (Wildman–Crippen LogP) is 1.43. The second-order valence-corrected chi connectivity index (χ2v) is 5.49. The molecule has 138 valence electrons. The van der Waals surface area contributed by atoms with E-state index in [1.807, 2.05) is 0 Å². The van der Waals surface area contributed by atoms with Gasteiger partial charge in [-0.15, -0.1) is 0 Å². The maximum absolute atomic E-state index is 12.8. The normalized spacial score (nSPS) is 11.3. The molecule has 0 unspecified atom stereocenters. The van der Waals surface area contributed by atoms with Crippen molar-refractivity contribution in [1.29, 1.82) is 0 Å². The number of hydrogen-bond acceptors (Lipinski definition) is 4. The van der Waals surface area contributed by atoms with Gasteiger partial charge in [0.25, 0.3) is 0 Å². The number of amides is 2. The molecule has 1 aromatic carbocycles. The average Bonchev–Trinajstić information content (AvgIpc) is 2.45. The maximum Gasteiger partial charge on any atom is 0.417 e. The monoisotopic (exact) mass is 381 g/mol. The lowest BCUT2D eigenvalue weighted by Crippen LogP contribution is -2.40. The van der Waals surface area contributed by atoms with Crippen LogP contribution in [0.3, 0.4) is 0 Å². The number of likely N-dealkylation sites (N-methyl/N-ethyl adjacent to an activating group) is 1. The van der Waals surface area contributed by atoms with Crippen molar-refractivity contribution < 1.29 is 32.7 Å². The van der Waals surface area contributed by atoms with Crippen LogP contribution in [-0.4, -0.2) is 54.5 Å². The van der Waals surface area contributed by atoms with E-state index < -0.39 is 41.1 Å². The van der Waals surface area contributed by atoms with Crippen molar-refractivity contribution in [3.8, 4) is 0 Å². The third-order valence-electron chi connectivity index (χ3n) is 2.82. The first-order chi connectivity index (χ1) is 11.5. The predicted molar refractivity (Wildman–Crippen MR) is 83.2 cm³/mol. The van der Waals surface area contributed by atoms with Crippen molar-refractivity contribution in [2.24, 2.45) is 0 Å². The van der Waals surface area contributed by atoms with Gasteiger partial charge in [-0.3, -0.25) is 19.3 Å². The molecule has 0 aliphatic carbocycles. The van der Waals surface area contributed by atoms with Crippen molar-refractivity contribution >= 4 is 35.1 Å². The fourth-order valence-corrected chi connectivity index (χ4v) is 2.02. The minimum atomic E-state index is -4.66. The third kappa shape index (κ3) is 7.40. The molecule has 0 radical (unpaired) electrons. The molecule has 1 rings (SSSR count). The van der Waals surface area contributed by atoms with E-state index in [2.05, 4.69) is 10.6 Å². The molecule has 0 aliphatic heterocycles. The first-order valence-corrected chi connectivity index (χ1v) is 7.20. The lowest BCUT2D eigenvalue weighted by molar-refractivity contribution is -0.138. The van der Waals surface area contributed by atoms with E-state index in [1.54, 1.807) is 0 Å². The highest BCUT2D eigenvalue weighted by Crippen LogP contribution is 2.36. The molecule has 2 amide bonds. The van der Waals surface area contributed by atoms with Crippen LogP contribution in [0.15, 0.2) is 18.2 Å². The number of halogens is 4. The Morgan fingerprint density at radius 2 is 1.80 bits per heavy atom. The van der Waals surface area contributed by atoms with E-state index in [-0.39, 0.29) is 18.8 Å². The van der Waals surface area contributed by atoms with Crippen LogP contribution < -0.4 is 10.6 Å². The van der Waals surface area contributed by atoms with Gasteiger partial charge in [-0.25, -0.2) is 0 Å². The summed E-state index contributed by atoms with van der Waals surface area (Å²) in [6.07, 6.45) is -4.66. The second-order valence-electron chi connectivity index (χ2n) is 5.08. The molecule has 0 heterocycles. The number of anilines is 1. The van der Waals surface area contributed by atoms with Gasteiger partial charge in [-0.05, 0) is 25.2 Å². The van der Waals surface area contributed by atoms with Crippen molar-refractivity contribution in [2.75, 3.05) is 32.0 Å². The van der Waals surface area contributed by atoms with E-state index in [0.29, 0.717) is 6.07 Å². The largest absolute Gasteiger partial charge is 0.480 e. The smallest absolute Gasteiger partial charge is 0.417 e. The summed E-state index contributed by atoms with van der Waals surface area (Å²) >= 11 is 5.48. The van der Waals surface area contributed by atoms with Gasteiger partial charge in [0.05, 0.1) is 23.7 Å². The number of rotatable bonds is 7. The zero-order valence-electron chi connectivity index (χ0n) is 13.0. The van der Waals surface area contributed by atoms with Gasteiger partial charge in [0.2, 0.25) is 11.8 Å². The van der Waals surface area contributed by atoms with E-state index in [4.69, 9.17) is 16.7 Å². The Morgan fingerprint density at radius 1 is 1.20 bits per heavy atom. The number of nitrogens with one attached hydrogen (secondary N) is 2. The Balaban J connectivity index is 2.59. The summed E-state index contributed by atoms with van der Waals surface area (Å²) in [5.41, 5.74) is -1.17. The van der Waals surface area contributed by atoms with Gasteiger partial charge in [0.15, 0.2) is 0 Å². The van der Waals surface area contributed by atoms with Crippen LogP contribution in [0.25, 0.3) is 0 Å². The minimum Gasteiger partial charge on any atom is -0.480 e. The molecular formula is C14H15ClF3N3O4. The first-order valence-electron chi connectivity index (χ1n) is 6.82. The molecule has 11 heteroatoms. The third-order valence-corrected chi connectivity index (χ3v) is 3.15. The molecule has 0 bridgehead atoms. The van der Waals surface area contributed by atoms with Crippen molar-refractivity contribution in [3.05, 3.63) is 28.8 Å². The number of alkyl halides is 3. The molecule has 0 spiro atoms. The molecular weight excluding hydrogens is 367 g/mol. The first kappa shape index (κ1) is 20.7. The number of aliphatic carboxylic acids is 1. The summed E-state index contributed by atoms with van der Waals surface area (Å²) in [6.45, 7) is -1.09. The highest BCUT2D eigenvalue weighted by atomic mass is 35.5. The van der Waals surface area contributed by atoms with Gasteiger partial charge in [0.1, 0.15) is 6.54 Å². The topological polar surface area (TPSA) is 98.7 Å². The summed E-state index contributed by atoms with van der Waals surface area (Å²) in [4.78, 5) is 34.8. The number of carbonyl (C=O) groups is 3. The molecule has 3 N–H and O–H groups in total. The van der Waals surface area contributed by atoms with Crippen LogP contribution in [0.2, 0.25) is 5.02 Å². The number of carboxylic acids is 1. The van der Waals surface area contributed by atoms with Crippen molar-refractivity contribution in [1.82, 2.24) is 10.2 Å². The Hall–Kier alpha value is -2.33. The molecule has 0 aromatic heterocycles. The SMILES string of the molecule is CN(CC(=O)NCC(=O)O)CC(=O)Nc1ccc(Cl)c(C(F)(F)F)c1. The van der Waals surface area contributed by atoms with E-state index in [9.17, 15) is 27.6 Å². The van der Waals surface area contributed by atoms with Crippen molar-refractivity contribution in [3.63, 3.8) is 0 Å². The lowest BCUT2D eigenvalue weighted by atomic mass is 10.2. The van der Waals surface area contributed by atoms with Gasteiger partial charge in [-0.1, -0.05) is 11.6 Å². The average molecular weight is 382 g/mol. The summed E-state index contributed by atoms with van der Waals surface area (Å²) in [7, 11) is 1.42. The van der Waals surface area contributed by atoms with E-state index >= 15 is 0 Å². The zero-order valence-corrected chi connectivity index (χ0v) is 13.7. The summed E-state index contributed by atoms with van der Waals surface area (Å²) in [5.74, 6) is -2.47. The molecule has 25 heavy (non-hydrogen) atoms. The molecule has 0 saturated heterocycles. The van der Waals surface area contributed by atoms with Crippen LogP contribution >= 0.6 is 11.6 Å². The highest BCUT2D eigenvalue weighted by Gasteiger charge is 2.33. The van der Waals surface area contributed by atoms with Crippen LogP contribution in [0.1, 0.15) is 5.56 Å². The van der Waals surface area contributed by atoms with Crippen molar-refractivity contribution in [2.45, 2.75) is 6.18 Å². The quantitative estimate of drug-likeness (QED) is 0.663. The fourth-order valence-electron chi connectivity index (χ4n) is 1.80. The molecule has 0 aliphatic rings. The van der Waals surface area contributed by atoms with E-state index in [0.717, 1.165) is 6.07 Å². The standard InChI is InChI=1S/C14H15ClF3N3O4/c1-21(6-11(22)19-5-13(24)25)7-12(23)20-8-2-3-10(15)9(4-8)14(16,17)18/h2-4H,5-7H2,1H3,(H,19,22)(H,20,23)(H,24,25). The number of benzene rings is 1. The molecule has 0 fully saturated rings. The summed E-state index contributed by atoms with van der Waals surface area (Å²) < 4.78 is 38.3. The summed E-state index contributed by atoms with van der Waals surface area (Å²) in [6, 6.07) is 2.94. The Kier molecular flexibility index (Phi) is 7.19. The van der Waals surface area contributed by atoms with Crippen LogP contribution in [0.5, 0.6) is 0 Å². The Morgan fingerprint density at radius 3 is 2.36 bits per heavy atom. The second kappa shape index (κ2) is 8.67. The fraction of sp³-hybridized carbons (Fsp3) is 0.357. The number of nitrogens with zero attached hydrogens (tertiary/aromatic N) is 1. The van der Waals surface area contributed by atoms with Gasteiger partial charge in [-0.2, -0.15) is 13.2 Å². The number of carboxylic acid groups (broad SMARTS) is 1. The number of hydrogen-bond donors (Lipinski definition) is 3. The molecule has 0 atom stereocenters. The van der Waals surface area contributed by atoms with Crippen LogP contribution in [0, 0.1) is 0 Å². The van der Waals surface area contributed by atoms with Crippen LogP contribution in [-0.2, 0) is 20.6 Å². The van der Waals surface area contributed by atoms with Gasteiger partial charge >= 0.3 is 12.1 Å². The lowest BCUT2D eigenvalue weighted by Gasteiger charge is -2.16. The Bertz CT molecular complexity index is 667. The van der Waals surface area contributed by atoms with E-state index in [1.165, 1.54) is 18.0 Å². The van der Waals surface area contributed by atoms with Gasteiger partial charge < -0.3 is 15.7 Å². The van der Waals surface area contributed by atoms with Gasteiger partial charge in [0, 0.05) is 5.69 Å². The molecule has 0 saturated carbocycles. The Labute approximate surface area is 145 Å². The van der Waals surface area contributed by atoms with Crippen LogP contribution in [0.4, 0.5) is 18.9 Å². The molecule has 1 aromatic rings. The minimum absolute atomic E-state index is 0.0922. The summed E-state index contributed by atoms with van der Waals surface area (Å²) in [5, 5.41) is 12.3. The number of carbonyl (C=O) groups excluding carboxylic acids is 2. The maximum atomic E-state index is 12.8. The molecule has 7 nitrogen and oxygen atoms in total.